The minimum Gasteiger partial charge on any atom is -0.464 e. The van der Waals surface area contributed by atoms with Gasteiger partial charge in [0.1, 0.15) is 5.58 Å². The van der Waals surface area contributed by atoms with Crippen molar-refractivity contribution in [3.8, 4) is 0 Å². The lowest BCUT2D eigenvalue weighted by Crippen LogP contribution is -2.39. The van der Waals surface area contributed by atoms with E-state index in [4.69, 9.17) is 27.6 Å². The number of nitrogens with zero attached hydrogens (tertiary/aromatic N) is 1. The molecular weight excluding hydrogens is 345 g/mol. The summed E-state index contributed by atoms with van der Waals surface area (Å²) < 4.78 is 5.40. The molecule has 122 valence electrons. The van der Waals surface area contributed by atoms with Gasteiger partial charge in [-0.25, -0.2) is 0 Å². The molecule has 0 radical (unpaired) electrons. The molecule has 0 bridgehead atoms. The first-order chi connectivity index (χ1) is 11.5. The molecule has 0 fully saturated rings. The molecule has 0 aliphatic carbocycles. The fourth-order valence-corrected chi connectivity index (χ4v) is 3.99. The van der Waals surface area contributed by atoms with Gasteiger partial charge in [-0.05, 0) is 54.8 Å². The van der Waals surface area contributed by atoms with E-state index in [0.717, 1.165) is 28.5 Å². The maximum Gasteiger partial charge on any atom is 0.254 e. The summed E-state index contributed by atoms with van der Waals surface area (Å²) in [5, 5.41) is 2.26. The standard InChI is InChI=1S/C19H15Cl2NO2/c1-11-16-9-14(20)10-17(21)15(16)4-6-22(11)19(23)13-3-2-12-5-7-24-18(12)8-13/h2-3,5,7-11H,4,6H2,1H3. The van der Waals surface area contributed by atoms with Crippen molar-refractivity contribution >= 4 is 40.1 Å². The molecule has 0 saturated carbocycles. The van der Waals surface area contributed by atoms with Gasteiger partial charge in [0.05, 0.1) is 12.3 Å². The van der Waals surface area contributed by atoms with Crippen molar-refractivity contribution in [2.75, 3.05) is 6.54 Å². The summed E-state index contributed by atoms with van der Waals surface area (Å²) in [6.45, 7) is 2.64. The van der Waals surface area contributed by atoms with Crippen molar-refractivity contribution < 1.29 is 9.21 Å². The van der Waals surface area contributed by atoms with Gasteiger partial charge in [0.2, 0.25) is 0 Å². The molecule has 5 heteroatoms. The Morgan fingerprint density at radius 1 is 1.21 bits per heavy atom. The smallest absolute Gasteiger partial charge is 0.254 e. The molecule has 1 unspecified atom stereocenters. The van der Waals surface area contributed by atoms with Gasteiger partial charge in [0.25, 0.3) is 5.91 Å². The number of carbonyl (C=O) groups is 1. The third-order valence-electron chi connectivity index (χ3n) is 4.68. The van der Waals surface area contributed by atoms with Crippen LogP contribution in [-0.2, 0) is 6.42 Å². The highest BCUT2D eigenvalue weighted by Crippen LogP contribution is 2.36. The average Bonchev–Trinajstić information content (AvgIpc) is 3.03. The van der Waals surface area contributed by atoms with Crippen LogP contribution in [0.15, 0.2) is 47.1 Å². The van der Waals surface area contributed by atoms with E-state index >= 15 is 0 Å². The van der Waals surface area contributed by atoms with Gasteiger partial charge in [-0.3, -0.25) is 4.79 Å². The fourth-order valence-electron chi connectivity index (χ4n) is 3.38. The first-order valence-corrected chi connectivity index (χ1v) is 8.56. The van der Waals surface area contributed by atoms with E-state index in [2.05, 4.69) is 0 Å². The molecule has 4 rings (SSSR count). The third kappa shape index (κ3) is 2.48. The van der Waals surface area contributed by atoms with E-state index in [0.29, 0.717) is 22.2 Å². The predicted octanol–water partition coefficient (Wildman–Crippen LogP) is 5.50. The number of benzene rings is 2. The van der Waals surface area contributed by atoms with E-state index in [1.54, 1.807) is 18.4 Å². The van der Waals surface area contributed by atoms with Crippen LogP contribution in [0, 0.1) is 0 Å². The van der Waals surface area contributed by atoms with Crippen LogP contribution in [0.25, 0.3) is 11.0 Å². The lowest BCUT2D eigenvalue weighted by Gasteiger charge is -2.36. The number of amides is 1. The third-order valence-corrected chi connectivity index (χ3v) is 5.23. The summed E-state index contributed by atoms with van der Waals surface area (Å²) in [4.78, 5) is 14.8. The SMILES string of the molecule is CC1c2cc(Cl)cc(Cl)c2CCN1C(=O)c1ccc2ccoc2c1. The summed E-state index contributed by atoms with van der Waals surface area (Å²) in [5.41, 5.74) is 3.45. The van der Waals surface area contributed by atoms with E-state index in [9.17, 15) is 4.79 Å². The van der Waals surface area contributed by atoms with Crippen molar-refractivity contribution in [3.05, 3.63) is 69.4 Å². The lowest BCUT2D eigenvalue weighted by molar-refractivity contribution is 0.0678. The highest BCUT2D eigenvalue weighted by molar-refractivity contribution is 6.35. The minimum absolute atomic E-state index is 0.0115. The Morgan fingerprint density at radius 3 is 2.88 bits per heavy atom. The van der Waals surface area contributed by atoms with Crippen molar-refractivity contribution in [3.63, 3.8) is 0 Å². The van der Waals surface area contributed by atoms with Gasteiger partial charge >= 0.3 is 0 Å². The minimum atomic E-state index is -0.0789. The zero-order valence-electron chi connectivity index (χ0n) is 13.1. The molecule has 1 aromatic heterocycles. The predicted molar refractivity (Wildman–Crippen MR) is 95.8 cm³/mol. The molecule has 1 amide bonds. The van der Waals surface area contributed by atoms with Crippen LogP contribution in [0.5, 0.6) is 0 Å². The number of hydrogen-bond donors (Lipinski definition) is 0. The number of halogens is 2. The lowest BCUT2D eigenvalue weighted by atomic mass is 9.93. The van der Waals surface area contributed by atoms with Gasteiger partial charge in [0.15, 0.2) is 0 Å². The normalized spacial score (nSPS) is 17.1. The zero-order valence-corrected chi connectivity index (χ0v) is 14.6. The van der Waals surface area contributed by atoms with Crippen LogP contribution in [0.4, 0.5) is 0 Å². The number of hydrogen-bond acceptors (Lipinski definition) is 2. The molecule has 0 spiro atoms. The summed E-state index contributed by atoms with van der Waals surface area (Å²) in [5.74, 6) is -0.0115. The zero-order chi connectivity index (χ0) is 16.8. The van der Waals surface area contributed by atoms with Crippen molar-refractivity contribution in [1.29, 1.82) is 0 Å². The molecule has 1 aliphatic heterocycles. The van der Waals surface area contributed by atoms with Gasteiger partial charge in [-0.1, -0.05) is 29.3 Å². The topological polar surface area (TPSA) is 33.5 Å². The Balaban J connectivity index is 1.70. The van der Waals surface area contributed by atoms with Crippen LogP contribution in [0.3, 0.4) is 0 Å². The molecule has 1 aliphatic rings. The number of rotatable bonds is 1. The fraction of sp³-hybridized carbons (Fsp3) is 0.211. The Hall–Kier alpha value is -1.97. The molecule has 2 heterocycles. The maximum absolute atomic E-state index is 13.0. The first-order valence-electron chi connectivity index (χ1n) is 7.80. The van der Waals surface area contributed by atoms with Gasteiger partial charge in [0, 0.05) is 27.5 Å². The molecule has 1 atom stereocenters. The summed E-state index contributed by atoms with van der Waals surface area (Å²) >= 11 is 12.5. The van der Waals surface area contributed by atoms with Crippen molar-refractivity contribution in [1.82, 2.24) is 4.90 Å². The molecule has 0 saturated heterocycles. The molecule has 3 aromatic rings. The molecule has 3 nitrogen and oxygen atoms in total. The second kappa shape index (κ2) is 5.83. The second-order valence-corrected chi connectivity index (χ2v) is 6.90. The van der Waals surface area contributed by atoms with Crippen LogP contribution in [-0.4, -0.2) is 17.4 Å². The van der Waals surface area contributed by atoms with Crippen molar-refractivity contribution in [2.45, 2.75) is 19.4 Å². The largest absolute Gasteiger partial charge is 0.464 e. The highest BCUT2D eigenvalue weighted by atomic mass is 35.5. The van der Waals surface area contributed by atoms with Gasteiger partial charge in [-0.15, -0.1) is 0 Å². The van der Waals surface area contributed by atoms with Gasteiger partial charge < -0.3 is 9.32 Å². The van der Waals surface area contributed by atoms with E-state index in [1.165, 1.54) is 0 Å². The number of fused-ring (bicyclic) bond motifs is 2. The highest BCUT2D eigenvalue weighted by Gasteiger charge is 2.30. The van der Waals surface area contributed by atoms with E-state index < -0.39 is 0 Å². The summed E-state index contributed by atoms with van der Waals surface area (Å²) in [6, 6.07) is 11.0. The monoisotopic (exact) mass is 359 g/mol. The quantitative estimate of drug-likeness (QED) is 0.574. The Labute approximate surface area is 149 Å². The van der Waals surface area contributed by atoms with Crippen LogP contribution in [0.1, 0.15) is 34.5 Å². The van der Waals surface area contributed by atoms with Crippen LogP contribution in [0.2, 0.25) is 10.0 Å². The van der Waals surface area contributed by atoms with Crippen LogP contribution < -0.4 is 0 Å². The Kier molecular flexibility index (Phi) is 3.78. The number of carbonyl (C=O) groups excluding carboxylic acids is 1. The Bertz CT molecular complexity index is 948. The number of furan rings is 1. The molecule has 2 aromatic carbocycles. The Morgan fingerprint density at radius 2 is 2.04 bits per heavy atom. The summed E-state index contributed by atoms with van der Waals surface area (Å²) in [6.07, 6.45) is 2.35. The van der Waals surface area contributed by atoms with E-state index in [-0.39, 0.29) is 11.9 Å². The van der Waals surface area contributed by atoms with Crippen molar-refractivity contribution in [2.24, 2.45) is 0 Å². The van der Waals surface area contributed by atoms with E-state index in [1.807, 2.05) is 36.1 Å². The molecular formula is C19H15Cl2NO2. The maximum atomic E-state index is 13.0. The average molecular weight is 360 g/mol. The van der Waals surface area contributed by atoms with Gasteiger partial charge in [-0.2, -0.15) is 0 Å². The molecule has 0 N–H and O–H groups in total. The second-order valence-electron chi connectivity index (χ2n) is 6.05. The summed E-state index contributed by atoms with van der Waals surface area (Å²) in [7, 11) is 0. The van der Waals surface area contributed by atoms with Crippen LogP contribution >= 0.6 is 23.2 Å². The molecule has 24 heavy (non-hydrogen) atoms. The first kappa shape index (κ1) is 15.6.